The molecule has 0 unspecified atom stereocenters. The summed E-state index contributed by atoms with van der Waals surface area (Å²) in [6.45, 7) is 7.06. The summed E-state index contributed by atoms with van der Waals surface area (Å²) in [4.78, 5) is 53.9. The first kappa shape index (κ1) is 30.3. The molecule has 1 aromatic heterocycles. The molecule has 0 atom stereocenters. The van der Waals surface area contributed by atoms with Crippen molar-refractivity contribution in [2.24, 2.45) is 0 Å². The van der Waals surface area contributed by atoms with E-state index in [4.69, 9.17) is 9.57 Å². The molecule has 11 heteroatoms. The van der Waals surface area contributed by atoms with Crippen molar-refractivity contribution in [1.82, 2.24) is 20.3 Å². The van der Waals surface area contributed by atoms with E-state index in [0.29, 0.717) is 17.6 Å². The van der Waals surface area contributed by atoms with Gasteiger partial charge in [-0.15, -0.1) is 5.06 Å². The number of amides is 2. The maximum Gasteiger partial charge on any atom is 0.444 e. The first-order valence-corrected chi connectivity index (χ1v) is 14.1. The number of nitrogens with zero attached hydrogens (tertiary/aromatic N) is 4. The van der Waals surface area contributed by atoms with Crippen molar-refractivity contribution in [3.05, 3.63) is 84.2 Å². The average Bonchev–Trinajstić information content (AvgIpc) is 2.99. The minimum absolute atomic E-state index is 0.0534. The Balaban J connectivity index is 1.19. The molecule has 4 rings (SSSR count). The molecule has 2 heterocycles. The lowest BCUT2D eigenvalue weighted by Gasteiger charge is -2.34. The van der Waals surface area contributed by atoms with Gasteiger partial charge in [-0.3, -0.25) is 4.79 Å². The van der Waals surface area contributed by atoms with Crippen LogP contribution in [0.1, 0.15) is 56.0 Å². The highest BCUT2D eigenvalue weighted by molar-refractivity contribution is 5.94. The highest BCUT2D eigenvalue weighted by Crippen LogP contribution is 2.22. The van der Waals surface area contributed by atoms with Crippen molar-refractivity contribution in [2.75, 3.05) is 29.9 Å². The van der Waals surface area contributed by atoms with Crippen LogP contribution < -0.4 is 15.5 Å². The van der Waals surface area contributed by atoms with Crippen LogP contribution in [0.15, 0.2) is 73.1 Å². The number of hydrogen-bond acceptors (Lipinski definition) is 9. The third-order valence-electron chi connectivity index (χ3n) is 6.68. The number of anilines is 2. The molecule has 42 heavy (non-hydrogen) atoms. The van der Waals surface area contributed by atoms with E-state index in [2.05, 4.69) is 25.5 Å². The Hall–Kier alpha value is -4.67. The molecule has 0 saturated carbocycles. The Bertz CT molecular complexity index is 1310. The molecule has 222 valence electrons. The maximum atomic E-state index is 12.7. The maximum absolute atomic E-state index is 12.7. The lowest BCUT2D eigenvalue weighted by atomic mass is 10.0. The number of rotatable bonds is 9. The summed E-state index contributed by atoms with van der Waals surface area (Å²) >= 11 is 0. The minimum Gasteiger partial charge on any atom is -0.442 e. The van der Waals surface area contributed by atoms with Gasteiger partial charge >= 0.3 is 12.1 Å². The van der Waals surface area contributed by atoms with E-state index >= 15 is 0 Å². The Morgan fingerprint density at radius 3 is 2.26 bits per heavy atom. The largest absolute Gasteiger partial charge is 0.444 e. The van der Waals surface area contributed by atoms with Gasteiger partial charge in [-0.2, -0.15) is 0 Å². The molecular weight excluding hydrogens is 536 g/mol. The second-order valence-corrected chi connectivity index (χ2v) is 11.0. The fourth-order valence-electron chi connectivity index (χ4n) is 4.42. The van der Waals surface area contributed by atoms with Crippen LogP contribution in [-0.4, -0.2) is 64.2 Å². The van der Waals surface area contributed by atoms with E-state index in [1.54, 1.807) is 51.4 Å². The van der Waals surface area contributed by atoms with Gasteiger partial charge in [0.15, 0.2) is 0 Å². The van der Waals surface area contributed by atoms with Crippen molar-refractivity contribution < 1.29 is 24.0 Å². The highest BCUT2D eigenvalue weighted by Gasteiger charge is 2.32. The monoisotopic (exact) mass is 574 g/mol. The number of hydroxylamine groups is 2. The molecular formula is C31H38N6O5. The third kappa shape index (κ3) is 8.92. The molecule has 0 spiro atoms. The number of hydrogen-bond donors (Lipinski definition) is 2. The number of piperidine rings is 1. The normalized spacial score (nSPS) is 13.6. The van der Waals surface area contributed by atoms with Gasteiger partial charge in [0, 0.05) is 49.3 Å². The number of nitrogens with one attached hydrogen (secondary N) is 2. The number of ether oxygens (including phenoxy) is 1. The zero-order chi connectivity index (χ0) is 30.0. The second-order valence-electron chi connectivity index (χ2n) is 11.0. The van der Waals surface area contributed by atoms with Crippen LogP contribution >= 0.6 is 0 Å². The summed E-state index contributed by atoms with van der Waals surface area (Å²) in [5, 5.41) is 7.04. The molecule has 3 aromatic rings. The summed E-state index contributed by atoms with van der Waals surface area (Å²) in [5.74, 6) is -0.309. The number of carbonyl (C=O) groups excluding carboxylic acids is 3. The molecule has 0 radical (unpaired) electrons. The van der Waals surface area contributed by atoms with E-state index in [9.17, 15) is 14.4 Å². The van der Waals surface area contributed by atoms with Gasteiger partial charge in [-0.05, 0) is 69.5 Å². The summed E-state index contributed by atoms with van der Waals surface area (Å²) in [7, 11) is 0. The van der Waals surface area contributed by atoms with Crippen molar-refractivity contribution in [3.8, 4) is 0 Å². The molecule has 1 aliphatic rings. The minimum atomic E-state index is -0.823. The number of carbonyl (C=O) groups is 3. The van der Waals surface area contributed by atoms with Crippen LogP contribution in [0, 0.1) is 0 Å². The topological polar surface area (TPSA) is 126 Å². The number of benzene rings is 2. The van der Waals surface area contributed by atoms with Crippen LogP contribution in [0.3, 0.4) is 0 Å². The molecule has 0 bridgehead atoms. The van der Waals surface area contributed by atoms with Crippen molar-refractivity contribution in [3.63, 3.8) is 0 Å². The standard InChI is InChI=1S/C31H38N6O5/c1-31(2,3)37(30(40)41-22-23-8-5-4-6-9-23)42-27(38)14-19-32-28(39)24-10-12-26(13-11-24)36-20-15-25(16-21-36)35-29-33-17-7-18-34-29/h4-13,17-18,25H,14-16,19-22H2,1-3H3,(H,32,39)(H,33,34,35). The molecule has 1 aliphatic heterocycles. The first-order chi connectivity index (χ1) is 20.2. The Kier molecular flexibility index (Phi) is 10.3. The van der Waals surface area contributed by atoms with Crippen molar-refractivity contribution >= 4 is 29.6 Å². The Morgan fingerprint density at radius 2 is 1.62 bits per heavy atom. The quantitative estimate of drug-likeness (QED) is 0.353. The van der Waals surface area contributed by atoms with Crippen molar-refractivity contribution in [1.29, 1.82) is 0 Å². The predicted molar refractivity (Wildman–Crippen MR) is 159 cm³/mol. The fraction of sp³-hybridized carbons (Fsp3) is 0.387. The van der Waals surface area contributed by atoms with E-state index < -0.39 is 17.6 Å². The van der Waals surface area contributed by atoms with Gasteiger partial charge < -0.3 is 25.1 Å². The van der Waals surface area contributed by atoms with Crippen LogP contribution in [-0.2, 0) is 21.0 Å². The Morgan fingerprint density at radius 1 is 0.952 bits per heavy atom. The van der Waals surface area contributed by atoms with E-state index in [0.717, 1.165) is 42.2 Å². The fourth-order valence-corrected chi connectivity index (χ4v) is 4.42. The summed E-state index contributed by atoms with van der Waals surface area (Å²) in [6, 6.07) is 18.7. The summed E-state index contributed by atoms with van der Waals surface area (Å²) < 4.78 is 5.33. The molecule has 2 N–H and O–H groups in total. The van der Waals surface area contributed by atoms with Gasteiger partial charge in [0.25, 0.3) is 5.91 Å². The third-order valence-corrected chi connectivity index (χ3v) is 6.68. The van der Waals surface area contributed by atoms with Crippen molar-refractivity contribution in [2.45, 2.75) is 58.2 Å². The molecule has 0 aliphatic carbocycles. The van der Waals surface area contributed by atoms with Gasteiger partial charge in [-0.1, -0.05) is 30.3 Å². The zero-order valence-electron chi connectivity index (χ0n) is 24.3. The van der Waals surface area contributed by atoms with Gasteiger partial charge in [0.05, 0.1) is 12.0 Å². The summed E-state index contributed by atoms with van der Waals surface area (Å²) in [6.07, 6.45) is 4.47. The first-order valence-electron chi connectivity index (χ1n) is 14.1. The van der Waals surface area contributed by atoms with E-state index in [1.807, 2.05) is 42.5 Å². The zero-order valence-corrected chi connectivity index (χ0v) is 24.3. The Labute approximate surface area is 246 Å². The highest BCUT2D eigenvalue weighted by atomic mass is 16.8. The summed E-state index contributed by atoms with van der Waals surface area (Å²) in [5.41, 5.74) is 1.53. The van der Waals surface area contributed by atoms with Crippen LogP contribution in [0.4, 0.5) is 16.4 Å². The molecule has 2 amide bonds. The SMILES string of the molecule is CC(C)(C)N(OC(=O)CCNC(=O)c1ccc(N2CCC(Nc3ncccn3)CC2)cc1)C(=O)OCc1ccccc1. The molecule has 2 aromatic carbocycles. The van der Waals surface area contributed by atoms with Gasteiger partial charge in [0.2, 0.25) is 5.95 Å². The average molecular weight is 575 g/mol. The van der Waals surface area contributed by atoms with E-state index in [-0.39, 0.29) is 25.5 Å². The van der Waals surface area contributed by atoms with Crippen LogP contribution in [0.2, 0.25) is 0 Å². The van der Waals surface area contributed by atoms with Crippen LogP contribution in [0.5, 0.6) is 0 Å². The number of aromatic nitrogens is 2. The second kappa shape index (κ2) is 14.3. The van der Waals surface area contributed by atoms with Crippen LogP contribution in [0.25, 0.3) is 0 Å². The van der Waals surface area contributed by atoms with Gasteiger partial charge in [0.1, 0.15) is 6.61 Å². The molecule has 1 fully saturated rings. The lowest BCUT2D eigenvalue weighted by molar-refractivity contribution is -0.200. The van der Waals surface area contributed by atoms with Gasteiger partial charge in [-0.25, -0.2) is 19.6 Å². The van der Waals surface area contributed by atoms with E-state index in [1.165, 1.54) is 0 Å². The molecule has 1 saturated heterocycles. The predicted octanol–water partition coefficient (Wildman–Crippen LogP) is 4.57. The molecule has 11 nitrogen and oxygen atoms in total. The smallest absolute Gasteiger partial charge is 0.442 e. The lowest BCUT2D eigenvalue weighted by Crippen LogP contribution is -2.47.